The van der Waals surface area contributed by atoms with E-state index >= 15 is 0 Å². The molecular formula is C31H52N4O6P+. The van der Waals surface area contributed by atoms with Crippen molar-refractivity contribution < 1.29 is 28.9 Å². The molecule has 1 fully saturated rings. The van der Waals surface area contributed by atoms with E-state index in [1.165, 1.54) is 4.90 Å². The molecule has 236 valence electrons. The minimum absolute atomic E-state index is 0.0827. The third kappa shape index (κ3) is 10.1. The molecule has 1 aromatic rings. The highest BCUT2D eigenvalue weighted by molar-refractivity contribution is 7.38. The van der Waals surface area contributed by atoms with Crippen molar-refractivity contribution in [3.8, 4) is 0 Å². The lowest BCUT2D eigenvalue weighted by molar-refractivity contribution is -0.131. The van der Waals surface area contributed by atoms with E-state index in [0.29, 0.717) is 5.69 Å². The van der Waals surface area contributed by atoms with E-state index < -0.39 is 55.6 Å². The van der Waals surface area contributed by atoms with Crippen molar-refractivity contribution in [3.05, 3.63) is 30.3 Å². The number of carbonyl (C=O) groups is 3. The highest BCUT2D eigenvalue weighted by atomic mass is 31.1. The molecule has 0 aromatic heterocycles. The largest absolute Gasteiger partial charge is 0.509 e. The number of hydrogen-bond acceptors (Lipinski definition) is 6. The van der Waals surface area contributed by atoms with Crippen LogP contribution < -0.4 is 21.3 Å². The number of benzene rings is 1. The van der Waals surface area contributed by atoms with Crippen molar-refractivity contribution in [2.45, 2.75) is 110 Å². The van der Waals surface area contributed by atoms with Crippen LogP contribution >= 0.6 is 8.03 Å². The van der Waals surface area contributed by atoms with Crippen LogP contribution in [0, 0.1) is 23.7 Å². The molecule has 1 aliphatic rings. The van der Waals surface area contributed by atoms with Crippen molar-refractivity contribution >= 4 is 31.4 Å². The van der Waals surface area contributed by atoms with Crippen LogP contribution in [0.3, 0.4) is 0 Å². The zero-order chi connectivity index (χ0) is 31.6. The lowest BCUT2D eigenvalue weighted by Gasteiger charge is -2.37. The van der Waals surface area contributed by atoms with Gasteiger partial charge in [-0.3, -0.25) is 19.3 Å². The minimum atomic E-state index is -2.47. The van der Waals surface area contributed by atoms with E-state index in [0.717, 1.165) is 32.1 Å². The van der Waals surface area contributed by atoms with Crippen LogP contribution in [0.4, 0.5) is 5.69 Å². The summed E-state index contributed by atoms with van der Waals surface area (Å²) in [4.78, 5) is 52.2. The summed E-state index contributed by atoms with van der Waals surface area (Å²) < 4.78 is 12.1. The Morgan fingerprint density at radius 3 is 2.05 bits per heavy atom. The molecule has 42 heavy (non-hydrogen) atoms. The Balaban J connectivity index is 2.28. The lowest BCUT2D eigenvalue weighted by atomic mass is 9.85. The number of para-hydroxylation sites is 1. The van der Waals surface area contributed by atoms with Gasteiger partial charge in [0, 0.05) is 24.6 Å². The fourth-order valence-corrected chi connectivity index (χ4v) is 6.70. The van der Waals surface area contributed by atoms with Crippen LogP contribution in [-0.2, 0) is 18.9 Å². The van der Waals surface area contributed by atoms with E-state index in [4.69, 9.17) is 5.73 Å². The summed E-state index contributed by atoms with van der Waals surface area (Å²) in [5, 5.41) is 16.4. The van der Waals surface area contributed by atoms with Crippen molar-refractivity contribution in [2.24, 2.45) is 29.4 Å². The van der Waals surface area contributed by atoms with E-state index in [2.05, 4.69) is 10.6 Å². The van der Waals surface area contributed by atoms with Crippen molar-refractivity contribution in [1.82, 2.24) is 10.6 Å². The van der Waals surface area contributed by atoms with Crippen LogP contribution in [0.25, 0.3) is 0 Å². The van der Waals surface area contributed by atoms with Crippen LogP contribution in [-0.4, -0.2) is 64.2 Å². The van der Waals surface area contributed by atoms with Crippen molar-refractivity contribution in [1.29, 1.82) is 0 Å². The summed E-state index contributed by atoms with van der Waals surface area (Å²) >= 11 is 0. The number of amides is 3. The zero-order valence-corrected chi connectivity index (χ0v) is 26.9. The molecule has 3 amide bonds. The first-order valence-electron chi connectivity index (χ1n) is 15.3. The highest BCUT2D eigenvalue weighted by Crippen LogP contribution is 2.40. The van der Waals surface area contributed by atoms with Gasteiger partial charge in [-0.25, -0.2) is 0 Å². The summed E-state index contributed by atoms with van der Waals surface area (Å²) in [7, 11) is -2.47. The fraction of sp³-hybridized carbons (Fsp3) is 0.710. The average molecular weight is 608 g/mol. The molecular weight excluding hydrogens is 555 g/mol. The maximum Gasteiger partial charge on any atom is 0.509 e. The Kier molecular flexibility index (Phi) is 14.5. The van der Waals surface area contributed by atoms with Crippen molar-refractivity contribution in [3.63, 3.8) is 0 Å². The number of carbonyl (C=O) groups excluding carboxylic acids is 3. The Morgan fingerprint density at radius 2 is 1.55 bits per heavy atom. The van der Waals surface area contributed by atoms with Gasteiger partial charge < -0.3 is 21.5 Å². The number of nitrogens with one attached hydrogen (secondary N) is 2. The number of rotatable bonds is 15. The first-order valence-corrected chi connectivity index (χ1v) is 16.6. The van der Waals surface area contributed by atoms with E-state index in [1.54, 1.807) is 24.3 Å². The Hall–Kier alpha value is -2.39. The number of hydrogen-bond donors (Lipinski definition) is 5. The number of anilines is 1. The molecule has 2 rings (SSSR count). The Labute approximate surface area is 252 Å². The van der Waals surface area contributed by atoms with E-state index in [-0.39, 0.29) is 36.6 Å². The maximum absolute atomic E-state index is 14.2. The van der Waals surface area contributed by atoms with Gasteiger partial charge in [-0.2, -0.15) is 4.89 Å². The molecule has 11 heteroatoms. The second-order valence-corrected chi connectivity index (χ2v) is 13.9. The number of nitrogens with two attached hydrogens (primary N) is 1. The molecule has 1 saturated carbocycles. The van der Waals surface area contributed by atoms with E-state index in [9.17, 15) is 28.9 Å². The third-order valence-electron chi connectivity index (χ3n) is 8.20. The smallest absolute Gasteiger partial charge is 0.391 e. The average Bonchev–Trinajstić information content (AvgIpc) is 2.95. The lowest BCUT2D eigenvalue weighted by Crippen LogP contribution is -2.61. The summed E-state index contributed by atoms with van der Waals surface area (Å²) in [6, 6.07) is 6.16. The molecule has 0 radical (unpaired) electrons. The van der Waals surface area contributed by atoms with Gasteiger partial charge in [0.25, 0.3) is 5.91 Å². The molecule has 1 aromatic carbocycles. The Bertz CT molecular complexity index is 1030. The molecule has 6 N–H and O–H groups in total. The minimum Gasteiger partial charge on any atom is -0.391 e. The maximum atomic E-state index is 14.2. The quantitative estimate of drug-likeness (QED) is 0.190. The summed E-state index contributed by atoms with van der Waals surface area (Å²) in [6.45, 7) is 10.9. The SMILES string of the molecule is CC(C)[C@H](N)C(=O)N[C@H](C(=O)N(c1ccccc1)[C@H](C(=O)NC[C@H](O)CC(C1CCCCC1)[P+](=O)O)C(C)C)C(C)C. The van der Waals surface area contributed by atoms with Crippen LogP contribution in [0.5, 0.6) is 0 Å². The molecule has 0 bridgehead atoms. The van der Waals surface area contributed by atoms with Gasteiger partial charge in [0.15, 0.2) is 5.66 Å². The van der Waals surface area contributed by atoms with Crippen molar-refractivity contribution in [2.75, 3.05) is 11.4 Å². The third-order valence-corrected chi connectivity index (χ3v) is 9.40. The topological polar surface area (TPSA) is 162 Å². The molecule has 1 aliphatic carbocycles. The van der Waals surface area contributed by atoms with Gasteiger partial charge in [0.05, 0.1) is 12.1 Å². The monoisotopic (exact) mass is 607 g/mol. The van der Waals surface area contributed by atoms with Crippen LogP contribution in [0.1, 0.15) is 80.1 Å². The van der Waals surface area contributed by atoms with Gasteiger partial charge in [-0.15, -0.1) is 0 Å². The molecule has 0 spiro atoms. The zero-order valence-electron chi connectivity index (χ0n) is 26.0. The van der Waals surface area contributed by atoms with Gasteiger partial charge in [0.2, 0.25) is 11.8 Å². The molecule has 0 heterocycles. The number of aliphatic hydroxyl groups excluding tert-OH is 1. The predicted octanol–water partition coefficient (Wildman–Crippen LogP) is 3.72. The van der Waals surface area contributed by atoms with Crippen LogP contribution in [0.15, 0.2) is 30.3 Å². The first kappa shape index (κ1) is 35.8. The van der Waals surface area contributed by atoms with Gasteiger partial charge in [-0.05, 0) is 47.3 Å². The second-order valence-electron chi connectivity index (χ2n) is 12.6. The standard InChI is InChI=1S/C31H51N4O6P/c1-19(2)26(32)29(37)34-27(20(3)4)31(39)35(23-15-11-8-12-16-23)28(21(5)6)30(38)33-18-24(36)17-25(42(40)41)22-13-9-7-10-14-22/h8,11-12,15-16,19-22,24-28,36H,7,9-10,13-14,17-18,32H2,1-6H3,(H2-,33,34,37,38,40,41)/p+1/t24-,25?,26+,27+,28+/m1/s1. The van der Waals surface area contributed by atoms with Gasteiger partial charge >= 0.3 is 8.03 Å². The first-order chi connectivity index (χ1) is 19.8. The summed E-state index contributed by atoms with van der Waals surface area (Å²) in [5.74, 6) is -1.99. The second kappa shape index (κ2) is 17.0. The highest BCUT2D eigenvalue weighted by Gasteiger charge is 2.41. The predicted molar refractivity (Wildman–Crippen MR) is 166 cm³/mol. The van der Waals surface area contributed by atoms with Gasteiger partial charge in [0.1, 0.15) is 12.1 Å². The normalized spacial score (nSPS) is 18.2. The number of aliphatic hydroxyl groups is 1. The van der Waals surface area contributed by atoms with Gasteiger partial charge in [-0.1, -0.05) is 79.0 Å². The molecule has 6 atom stereocenters. The van der Waals surface area contributed by atoms with Crippen LogP contribution in [0.2, 0.25) is 0 Å². The fourth-order valence-electron chi connectivity index (χ4n) is 5.61. The molecule has 10 nitrogen and oxygen atoms in total. The summed E-state index contributed by atoms with van der Waals surface area (Å²) in [5.41, 5.74) is 6.04. The molecule has 0 saturated heterocycles. The molecule has 2 unspecified atom stereocenters. The Morgan fingerprint density at radius 1 is 0.952 bits per heavy atom. The van der Waals surface area contributed by atoms with E-state index in [1.807, 2.05) is 47.6 Å². The molecule has 0 aliphatic heterocycles. The number of nitrogens with zero attached hydrogens (tertiary/aromatic N) is 1. The summed E-state index contributed by atoms with van der Waals surface area (Å²) in [6.07, 6.45) is 3.97.